The second-order valence-corrected chi connectivity index (χ2v) is 6.47. The average molecular weight is 265 g/mol. The van der Waals surface area contributed by atoms with Gasteiger partial charge in [-0.15, -0.1) is 0 Å². The Balaban J connectivity index is 2.13. The van der Waals surface area contributed by atoms with Crippen molar-refractivity contribution in [2.45, 2.75) is 0 Å². The molecule has 0 amide bonds. The zero-order chi connectivity index (χ0) is 13.2. The van der Waals surface area contributed by atoms with Crippen molar-refractivity contribution in [1.82, 2.24) is 4.98 Å². The van der Waals surface area contributed by atoms with Gasteiger partial charge in [-0.25, -0.2) is 13.4 Å². The predicted octanol–water partition coefficient (Wildman–Crippen LogP) is 1.27. The Bertz CT molecular complexity index is 668. The summed E-state index contributed by atoms with van der Waals surface area (Å²) in [6.45, 7) is 0.353. The fourth-order valence-corrected chi connectivity index (χ4v) is 2.08. The Labute approximate surface area is 106 Å². The Kier molecular flexibility index (Phi) is 3.38. The summed E-state index contributed by atoms with van der Waals surface area (Å²) in [5.74, 6) is 0.755. The van der Waals surface area contributed by atoms with Crippen molar-refractivity contribution < 1.29 is 8.42 Å². The van der Waals surface area contributed by atoms with Crippen LogP contribution >= 0.6 is 0 Å². The predicted molar refractivity (Wildman–Crippen MR) is 74.4 cm³/mol. The first-order chi connectivity index (χ1) is 8.44. The molecule has 18 heavy (non-hydrogen) atoms. The van der Waals surface area contributed by atoms with Crippen LogP contribution in [0.2, 0.25) is 0 Å². The summed E-state index contributed by atoms with van der Waals surface area (Å²) in [5, 5.41) is 3.95. The lowest BCUT2D eigenvalue weighted by atomic mass is 10.2. The van der Waals surface area contributed by atoms with Gasteiger partial charge in [-0.2, -0.15) is 0 Å². The molecule has 0 aliphatic heterocycles. The topological polar surface area (TPSA) is 85.1 Å². The highest BCUT2D eigenvalue weighted by Crippen LogP contribution is 2.17. The number of aromatic nitrogens is 1. The Morgan fingerprint density at radius 1 is 1.28 bits per heavy atom. The minimum absolute atomic E-state index is 0.0917. The summed E-state index contributed by atoms with van der Waals surface area (Å²) in [4.78, 5) is 4.37. The van der Waals surface area contributed by atoms with Crippen molar-refractivity contribution in [3.8, 4) is 0 Å². The van der Waals surface area contributed by atoms with E-state index in [1.807, 2.05) is 24.3 Å². The second kappa shape index (κ2) is 4.81. The van der Waals surface area contributed by atoms with Crippen molar-refractivity contribution in [3.05, 3.63) is 30.3 Å². The van der Waals surface area contributed by atoms with E-state index in [-0.39, 0.29) is 5.75 Å². The number of hydrogen-bond acceptors (Lipinski definition) is 5. The van der Waals surface area contributed by atoms with Gasteiger partial charge in [-0.1, -0.05) is 0 Å². The molecule has 0 radical (unpaired) electrons. The maximum Gasteiger partial charge on any atom is 0.149 e. The number of rotatable bonds is 4. The number of hydrogen-bond donors (Lipinski definition) is 2. The van der Waals surface area contributed by atoms with Gasteiger partial charge in [0, 0.05) is 23.9 Å². The standard InChI is InChI=1S/C12H15N3O2S/c1-18(16,17)7-6-14-12-5-2-9-8-10(13)3-4-11(9)15-12/h2-5,8H,6-7,13H2,1H3,(H,14,15). The molecule has 3 N–H and O–H groups in total. The van der Waals surface area contributed by atoms with Gasteiger partial charge < -0.3 is 11.1 Å². The number of nitrogens with two attached hydrogens (primary N) is 1. The Morgan fingerprint density at radius 2 is 2.06 bits per heavy atom. The minimum atomic E-state index is -2.95. The first-order valence-electron chi connectivity index (χ1n) is 5.52. The molecule has 96 valence electrons. The maximum atomic E-state index is 11.0. The first kappa shape index (κ1) is 12.6. The SMILES string of the molecule is CS(=O)(=O)CCNc1ccc2cc(N)ccc2n1. The van der Waals surface area contributed by atoms with E-state index in [0.29, 0.717) is 18.1 Å². The summed E-state index contributed by atoms with van der Waals surface area (Å²) in [7, 11) is -2.95. The van der Waals surface area contributed by atoms with Crippen LogP contribution in [0.15, 0.2) is 30.3 Å². The third-order valence-corrected chi connectivity index (χ3v) is 3.44. The highest BCUT2D eigenvalue weighted by Gasteiger charge is 2.02. The lowest BCUT2D eigenvalue weighted by molar-refractivity contribution is 0.602. The highest BCUT2D eigenvalue weighted by molar-refractivity contribution is 7.90. The molecule has 0 aliphatic carbocycles. The molecule has 5 nitrogen and oxygen atoms in total. The van der Waals surface area contributed by atoms with Crippen LogP contribution in [0.4, 0.5) is 11.5 Å². The average Bonchev–Trinajstić information content (AvgIpc) is 2.27. The summed E-state index contributed by atoms with van der Waals surface area (Å²) in [6, 6.07) is 9.19. The van der Waals surface area contributed by atoms with E-state index in [2.05, 4.69) is 10.3 Å². The van der Waals surface area contributed by atoms with E-state index in [1.165, 1.54) is 6.26 Å². The molecule has 0 aliphatic rings. The molecule has 2 aromatic rings. The summed E-state index contributed by atoms with van der Waals surface area (Å²) in [5.41, 5.74) is 7.20. The lowest BCUT2D eigenvalue weighted by Crippen LogP contribution is -2.14. The summed E-state index contributed by atoms with van der Waals surface area (Å²) < 4.78 is 22.0. The van der Waals surface area contributed by atoms with Crippen LogP contribution in [0, 0.1) is 0 Å². The molecule has 0 atom stereocenters. The zero-order valence-electron chi connectivity index (χ0n) is 10.1. The molecule has 0 bridgehead atoms. The van der Waals surface area contributed by atoms with Crippen LogP contribution in [-0.2, 0) is 9.84 Å². The van der Waals surface area contributed by atoms with Crippen molar-refractivity contribution in [1.29, 1.82) is 0 Å². The van der Waals surface area contributed by atoms with Gasteiger partial charge in [0.2, 0.25) is 0 Å². The van der Waals surface area contributed by atoms with E-state index in [1.54, 1.807) is 6.07 Å². The van der Waals surface area contributed by atoms with Gasteiger partial charge in [-0.05, 0) is 30.3 Å². The van der Waals surface area contributed by atoms with Gasteiger partial charge in [-0.3, -0.25) is 0 Å². The number of anilines is 2. The quantitative estimate of drug-likeness (QED) is 0.813. The normalized spacial score (nSPS) is 11.6. The maximum absolute atomic E-state index is 11.0. The minimum Gasteiger partial charge on any atom is -0.399 e. The number of nitrogens with one attached hydrogen (secondary N) is 1. The van der Waals surface area contributed by atoms with Crippen molar-refractivity contribution in [2.75, 3.05) is 29.6 Å². The molecule has 1 aromatic carbocycles. The van der Waals surface area contributed by atoms with Crippen LogP contribution in [0.3, 0.4) is 0 Å². The third kappa shape index (κ3) is 3.33. The van der Waals surface area contributed by atoms with E-state index >= 15 is 0 Å². The molecular formula is C12H15N3O2S. The summed E-state index contributed by atoms with van der Waals surface area (Å²) >= 11 is 0. The number of nitrogens with zero attached hydrogens (tertiary/aromatic N) is 1. The monoisotopic (exact) mass is 265 g/mol. The molecule has 0 fully saturated rings. The van der Waals surface area contributed by atoms with Gasteiger partial charge in [0.15, 0.2) is 0 Å². The van der Waals surface area contributed by atoms with Crippen LogP contribution in [-0.4, -0.2) is 32.0 Å². The van der Waals surface area contributed by atoms with E-state index < -0.39 is 9.84 Å². The van der Waals surface area contributed by atoms with Crippen LogP contribution in [0.1, 0.15) is 0 Å². The molecule has 0 spiro atoms. The van der Waals surface area contributed by atoms with E-state index in [9.17, 15) is 8.42 Å². The Morgan fingerprint density at radius 3 is 2.78 bits per heavy atom. The number of pyridine rings is 1. The lowest BCUT2D eigenvalue weighted by Gasteiger charge is -2.06. The van der Waals surface area contributed by atoms with Crippen LogP contribution < -0.4 is 11.1 Å². The number of sulfone groups is 1. The number of fused-ring (bicyclic) bond motifs is 1. The fraction of sp³-hybridized carbons (Fsp3) is 0.250. The molecule has 2 rings (SSSR count). The molecular weight excluding hydrogens is 250 g/mol. The molecule has 0 saturated heterocycles. The molecule has 0 saturated carbocycles. The van der Waals surface area contributed by atoms with Crippen LogP contribution in [0.5, 0.6) is 0 Å². The second-order valence-electron chi connectivity index (χ2n) is 4.21. The van der Waals surface area contributed by atoms with Crippen molar-refractivity contribution in [2.24, 2.45) is 0 Å². The first-order valence-corrected chi connectivity index (χ1v) is 7.58. The molecule has 0 unspecified atom stereocenters. The van der Waals surface area contributed by atoms with Gasteiger partial charge in [0.1, 0.15) is 15.7 Å². The fourth-order valence-electron chi connectivity index (χ4n) is 1.61. The van der Waals surface area contributed by atoms with Gasteiger partial charge >= 0.3 is 0 Å². The molecule has 1 aromatic heterocycles. The molecule has 1 heterocycles. The van der Waals surface area contributed by atoms with E-state index in [4.69, 9.17) is 5.73 Å². The summed E-state index contributed by atoms with van der Waals surface area (Å²) in [6.07, 6.45) is 1.21. The van der Waals surface area contributed by atoms with Crippen LogP contribution in [0.25, 0.3) is 10.9 Å². The zero-order valence-corrected chi connectivity index (χ0v) is 10.9. The Hall–Kier alpha value is -1.82. The van der Waals surface area contributed by atoms with Gasteiger partial charge in [0.05, 0.1) is 11.3 Å². The smallest absolute Gasteiger partial charge is 0.149 e. The van der Waals surface area contributed by atoms with Crippen molar-refractivity contribution in [3.63, 3.8) is 0 Å². The largest absolute Gasteiger partial charge is 0.399 e. The van der Waals surface area contributed by atoms with Crippen molar-refractivity contribution >= 4 is 32.2 Å². The number of benzene rings is 1. The third-order valence-electron chi connectivity index (χ3n) is 2.49. The molecule has 6 heteroatoms. The van der Waals surface area contributed by atoms with E-state index in [0.717, 1.165) is 10.9 Å². The van der Waals surface area contributed by atoms with Gasteiger partial charge in [0.25, 0.3) is 0 Å². The highest BCUT2D eigenvalue weighted by atomic mass is 32.2. The number of nitrogen functional groups attached to an aromatic ring is 1.